The van der Waals surface area contributed by atoms with Gasteiger partial charge in [-0.2, -0.15) is 0 Å². The highest BCUT2D eigenvalue weighted by atomic mass is 16.4. The third-order valence-electron chi connectivity index (χ3n) is 3.97. The van der Waals surface area contributed by atoms with Crippen LogP contribution in [0.1, 0.15) is 46.5 Å². The number of rotatable bonds is 6. The third-order valence-corrected chi connectivity index (χ3v) is 3.97. The van der Waals surface area contributed by atoms with Crippen LogP contribution in [0.4, 0.5) is 0 Å². The molecule has 0 radical (unpaired) electrons. The van der Waals surface area contributed by atoms with Crippen LogP contribution in [-0.2, 0) is 9.59 Å². The maximum absolute atomic E-state index is 11.8. The number of hydrogen-bond acceptors (Lipinski definition) is 3. The SMILES string of the molecule is CCCN1CCC(C(=O)O)(N(CCC)C(C)=O)CC1. The van der Waals surface area contributed by atoms with E-state index in [-0.39, 0.29) is 5.91 Å². The van der Waals surface area contributed by atoms with Crippen LogP contribution in [0.25, 0.3) is 0 Å². The quantitative estimate of drug-likeness (QED) is 0.796. The van der Waals surface area contributed by atoms with Gasteiger partial charge in [-0.25, -0.2) is 4.79 Å². The van der Waals surface area contributed by atoms with Crippen molar-refractivity contribution in [3.63, 3.8) is 0 Å². The number of carbonyl (C=O) groups is 2. The van der Waals surface area contributed by atoms with E-state index < -0.39 is 11.5 Å². The van der Waals surface area contributed by atoms with Crippen LogP contribution in [0.5, 0.6) is 0 Å². The van der Waals surface area contributed by atoms with Gasteiger partial charge >= 0.3 is 5.97 Å². The normalized spacial score (nSPS) is 19.1. The molecule has 110 valence electrons. The van der Waals surface area contributed by atoms with Gasteiger partial charge in [-0.15, -0.1) is 0 Å². The Kier molecular flexibility index (Phi) is 5.79. The number of nitrogens with zero attached hydrogens (tertiary/aromatic N) is 2. The Morgan fingerprint density at radius 2 is 1.79 bits per heavy atom. The summed E-state index contributed by atoms with van der Waals surface area (Å²) in [5.74, 6) is -0.986. The Bertz CT molecular complexity index is 323. The number of hydrogen-bond donors (Lipinski definition) is 1. The van der Waals surface area contributed by atoms with Crippen molar-refractivity contribution in [2.24, 2.45) is 0 Å². The van der Waals surface area contributed by atoms with Crippen molar-refractivity contribution in [3.8, 4) is 0 Å². The summed E-state index contributed by atoms with van der Waals surface area (Å²) in [4.78, 5) is 27.4. The predicted octanol–water partition coefficient (Wildman–Crippen LogP) is 1.57. The van der Waals surface area contributed by atoms with Gasteiger partial charge in [0.05, 0.1) is 0 Å². The van der Waals surface area contributed by atoms with Gasteiger partial charge < -0.3 is 14.9 Å². The van der Waals surface area contributed by atoms with Gasteiger partial charge in [-0.3, -0.25) is 4.79 Å². The molecule has 1 aliphatic rings. The number of aliphatic carboxylic acids is 1. The van der Waals surface area contributed by atoms with Crippen molar-refractivity contribution in [2.45, 2.75) is 52.0 Å². The van der Waals surface area contributed by atoms with Crippen LogP contribution in [-0.4, -0.2) is 58.5 Å². The van der Waals surface area contributed by atoms with Crippen LogP contribution < -0.4 is 0 Å². The summed E-state index contributed by atoms with van der Waals surface area (Å²) in [7, 11) is 0. The van der Waals surface area contributed by atoms with Crippen molar-refractivity contribution < 1.29 is 14.7 Å². The molecule has 5 nitrogen and oxygen atoms in total. The summed E-state index contributed by atoms with van der Waals surface area (Å²) in [5.41, 5.74) is -0.994. The Morgan fingerprint density at radius 3 is 2.16 bits per heavy atom. The lowest BCUT2D eigenvalue weighted by Crippen LogP contribution is -2.61. The first-order chi connectivity index (χ1) is 8.97. The predicted molar refractivity (Wildman–Crippen MR) is 74.0 cm³/mol. The molecule has 0 aromatic carbocycles. The average Bonchev–Trinajstić information content (AvgIpc) is 2.37. The Hall–Kier alpha value is -1.10. The summed E-state index contributed by atoms with van der Waals surface area (Å²) in [6.45, 7) is 8.61. The zero-order valence-electron chi connectivity index (χ0n) is 12.3. The molecule has 0 aliphatic carbocycles. The van der Waals surface area contributed by atoms with Crippen molar-refractivity contribution >= 4 is 11.9 Å². The molecule has 0 bridgehead atoms. The highest BCUT2D eigenvalue weighted by Gasteiger charge is 2.47. The summed E-state index contributed by atoms with van der Waals surface area (Å²) >= 11 is 0. The number of carbonyl (C=O) groups excluding carboxylic acids is 1. The maximum Gasteiger partial charge on any atom is 0.329 e. The van der Waals surface area contributed by atoms with Gasteiger partial charge in [0.2, 0.25) is 5.91 Å². The topological polar surface area (TPSA) is 60.9 Å². The smallest absolute Gasteiger partial charge is 0.329 e. The molecule has 1 aliphatic heterocycles. The van der Waals surface area contributed by atoms with Gasteiger partial charge in [0.1, 0.15) is 5.54 Å². The van der Waals surface area contributed by atoms with E-state index in [0.29, 0.717) is 19.4 Å². The third kappa shape index (κ3) is 3.47. The zero-order chi connectivity index (χ0) is 14.5. The minimum Gasteiger partial charge on any atom is -0.479 e. The minimum atomic E-state index is -0.994. The molecule has 5 heteroatoms. The van der Waals surface area contributed by atoms with E-state index in [4.69, 9.17) is 0 Å². The van der Waals surface area contributed by atoms with Crippen LogP contribution in [0.15, 0.2) is 0 Å². The summed E-state index contributed by atoms with van der Waals surface area (Å²) in [6.07, 6.45) is 2.92. The maximum atomic E-state index is 11.8. The number of carboxylic acid groups (broad SMARTS) is 1. The van der Waals surface area contributed by atoms with Gasteiger partial charge in [-0.05, 0) is 32.2 Å². The van der Waals surface area contributed by atoms with Crippen molar-refractivity contribution in [1.82, 2.24) is 9.80 Å². The number of amides is 1. The van der Waals surface area contributed by atoms with Crippen molar-refractivity contribution in [2.75, 3.05) is 26.2 Å². The van der Waals surface area contributed by atoms with Crippen molar-refractivity contribution in [1.29, 1.82) is 0 Å². The molecule has 0 saturated carbocycles. The zero-order valence-corrected chi connectivity index (χ0v) is 12.3. The van der Waals surface area contributed by atoms with Crippen LogP contribution in [0.3, 0.4) is 0 Å². The highest BCUT2D eigenvalue weighted by molar-refractivity contribution is 5.86. The molecule has 1 rings (SSSR count). The molecular weight excluding hydrogens is 244 g/mol. The van der Waals surface area contributed by atoms with E-state index in [2.05, 4.69) is 11.8 Å². The van der Waals surface area contributed by atoms with Gasteiger partial charge in [-0.1, -0.05) is 13.8 Å². The number of carboxylic acids is 1. The second kappa shape index (κ2) is 6.89. The van der Waals surface area contributed by atoms with E-state index in [1.807, 2.05) is 6.92 Å². The molecule has 19 heavy (non-hydrogen) atoms. The molecule has 0 aromatic rings. The first kappa shape index (κ1) is 16.0. The second-order valence-corrected chi connectivity index (χ2v) is 5.35. The van der Waals surface area contributed by atoms with E-state index in [1.54, 1.807) is 4.90 Å². The lowest BCUT2D eigenvalue weighted by molar-refractivity contribution is -0.162. The highest BCUT2D eigenvalue weighted by Crippen LogP contribution is 2.30. The Labute approximate surface area is 115 Å². The van der Waals surface area contributed by atoms with Crippen LogP contribution in [0.2, 0.25) is 0 Å². The second-order valence-electron chi connectivity index (χ2n) is 5.35. The Morgan fingerprint density at radius 1 is 1.21 bits per heavy atom. The standard InChI is InChI=1S/C14H26N2O3/c1-4-8-15-10-6-14(7-11-15,13(18)19)16(9-5-2)12(3)17/h4-11H2,1-3H3,(H,18,19). The number of likely N-dealkylation sites (tertiary alicyclic amines) is 1. The fourth-order valence-electron chi connectivity index (χ4n) is 2.96. The minimum absolute atomic E-state index is 0.131. The molecule has 1 N–H and O–H groups in total. The number of piperidine rings is 1. The van der Waals surface area contributed by atoms with E-state index in [9.17, 15) is 14.7 Å². The fourth-order valence-corrected chi connectivity index (χ4v) is 2.96. The fraction of sp³-hybridized carbons (Fsp3) is 0.857. The van der Waals surface area contributed by atoms with Gasteiger partial charge in [0, 0.05) is 26.6 Å². The van der Waals surface area contributed by atoms with Gasteiger partial charge in [0.25, 0.3) is 0 Å². The molecule has 0 aromatic heterocycles. The van der Waals surface area contributed by atoms with E-state index >= 15 is 0 Å². The summed E-state index contributed by atoms with van der Waals surface area (Å²) < 4.78 is 0. The van der Waals surface area contributed by atoms with E-state index in [1.165, 1.54) is 6.92 Å². The molecule has 1 heterocycles. The van der Waals surface area contributed by atoms with Gasteiger partial charge in [0.15, 0.2) is 0 Å². The summed E-state index contributed by atoms with van der Waals surface area (Å²) in [6, 6.07) is 0. The molecule has 1 fully saturated rings. The lowest BCUT2D eigenvalue weighted by atomic mass is 9.85. The molecule has 1 saturated heterocycles. The summed E-state index contributed by atoms with van der Waals surface area (Å²) in [5, 5.41) is 9.64. The first-order valence-electron chi connectivity index (χ1n) is 7.22. The van der Waals surface area contributed by atoms with Crippen molar-refractivity contribution in [3.05, 3.63) is 0 Å². The van der Waals surface area contributed by atoms with Crippen LogP contribution >= 0.6 is 0 Å². The van der Waals surface area contributed by atoms with Crippen LogP contribution in [0, 0.1) is 0 Å². The average molecular weight is 270 g/mol. The molecule has 0 atom stereocenters. The molecular formula is C14H26N2O3. The van der Waals surface area contributed by atoms with E-state index in [0.717, 1.165) is 32.5 Å². The largest absolute Gasteiger partial charge is 0.479 e. The molecule has 1 amide bonds. The monoisotopic (exact) mass is 270 g/mol. The Balaban J connectivity index is 2.87. The first-order valence-corrected chi connectivity index (χ1v) is 7.22. The lowest BCUT2D eigenvalue weighted by Gasteiger charge is -2.45. The molecule has 0 unspecified atom stereocenters. The molecule has 0 spiro atoms.